The van der Waals surface area contributed by atoms with Gasteiger partial charge in [0.1, 0.15) is 5.69 Å². The topological polar surface area (TPSA) is 99.6 Å². The van der Waals surface area contributed by atoms with Crippen molar-refractivity contribution >= 4 is 40.2 Å². The van der Waals surface area contributed by atoms with Crippen LogP contribution in [0.1, 0.15) is 22.6 Å². The first-order valence-corrected chi connectivity index (χ1v) is 6.36. The molecule has 0 atom stereocenters. The minimum absolute atomic E-state index is 0. The number of nitrogens with one attached hydrogen (secondary N) is 3. The Morgan fingerprint density at radius 2 is 2.21 bits per heavy atom. The Balaban J connectivity index is 0.00000180. The van der Waals surface area contributed by atoms with Crippen LogP contribution in [0.25, 0.3) is 0 Å². The highest BCUT2D eigenvalue weighted by Gasteiger charge is 2.06. The van der Waals surface area contributed by atoms with E-state index in [9.17, 15) is 4.79 Å². The van der Waals surface area contributed by atoms with Crippen LogP contribution in [-0.2, 0) is 6.42 Å². The zero-order chi connectivity index (χ0) is 13.0. The number of H-pyrrole nitrogens is 2. The number of hydrogen-bond donors (Lipinski definition) is 4. The molecule has 0 aliphatic rings. The van der Waals surface area contributed by atoms with Gasteiger partial charge >= 0.3 is 0 Å². The Labute approximate surface area is 125 Å². The van der Waals surface area contributed by atoms with Crippen molar-refractivity contribution in [1.29, 1.82) is 0 Å². The number of nitrogens with two attached hydrogens (primary N) is 1. The zero-order valence-corrected chi connectivity index (χ0v) is 12.5. The van der Waals surface area contributed by atoms with Crippen LogP contribution in [0.4, 0.5) is 5.95 Å². The number of carbonyl (C=O) groups excluding carboxylic acids is 1. The molecule has 2 aromatic rings. The van der Waals surface area contributed by atoms with Crippen molar-refractivity contribution in [3.8, 4) is 0 Å². The number of nitrogen functional groups attached to an aromatic ring is 1. The summed E-state index contributed by atoms with van der Waals surface area (Å²) >= 11 is 3.28. The Morgan fingerprint density at radius 3 is 2.79 bits per heavy atom. The first-order chi connectivity index (χ1) is 8.65. The number of rotatable bonds is 5. The number of imidazole rings is 1. The van der Waals surface area contributed by atoms with Crippen molar-refractivity contribution in [2.45, 2.75) is 12.8 Å². The third-order valence-corrected chi connectivity index (χ3v) is 2.90. The van der Waals surface area contributed by atoms with Crippen LogP contribution in [-0.4, -0.2) is 27.4 Å². The summed E-state index contributed by atoms with van der Waals surface area (Å²) < 4.78 is 0.861. The Kier molecular flexibility index (Phi) is 5.91. The first kappa shape index (κ1) is 15.6. The van der Waals surface area contributed by atoms with Gasteiger partial charge < -0.3 is 21.0 Å². The van der Waals surface area contributed by atoms with Crippen LogP contribution in [0.2, 0.25) is 0 Å². The van der Waals surface area contributed by atoms with Crippen LogP contribution < -0.4 is 11.1 Å². The van der Waals surface area contributed by atoms with Crippen LogP contribution in [0.3, 0.4) is 0 Å². The first-order valence-electron chi connectivity index (χ1n) is 5.57. The van der Waals surface area contributed by atoms with E-state index in [1.165, 1.54) is 0 Å². The number of halogens is 2. The normalized spacial score (nSPS) is 9.95. The van der Waals surface area contributed by atoms with Gasteiger partial charge in [-0.25, -0.2) is 4.98 Å². The molecule has 0 saturated carbocycles. The quantitative estimate of drug-likeness (QED) is 0.621. The van der Waals surface area contributed by atoms with Gasteiger partial charge in [-0.15, -0.1) is 12.4 Å². The second-order valence-electron chi connectivity index (χ2n) is 3.87. The van der Waals surface area contributed by atoms with Crippen LogP contribution >= 0.6 is 28.3 Å². The average Bonchev–Trinajstić information content (AvgIpc) is 2.93. The van der Waals surface area contributed by atoms with Gasteiger partial charge in [-0.05, 0) is 34.8 Å². The Morgan fingerprint density at radius 1 is 1.42 bits per heavy atom. The van der Waals surface area contributed by atoms with E-state index < -0.39 is 0 Å². The van der Waals surface area contributed by atoms with Gasteiger partial charge in [-0.2, -0.15) is 0 Å². The summed E-state index contributed by atoms with van der Waals surface area (Å²) in [6.07, 6.45) is 5.10. The lowest BCUT2D eigenvalue weighted by Gasteiger charge is -2.02. The summed E-state index contributed by atoms with van der Waals surface area (Å²) in [6, 6.07) is 1.74. The molecular formula is C11H15BrClN5O. The fourth-order valence-electron chi connectivity index (χ4n) is 1.57. The minimum atomic E-state index is -0.109. The molecule has 0 aromatic carbocycles. The van der Waals surface area contributed by atoms with Crippen LogP contribution in [0.5, 0.6) is 0 Å². The van der Waals surface area contributed by atoms with E-state index in [4.69, 9.17) is 5.73 Å². The lowest BCUT2D eigenvalue weighted by molar-refractivity contribution is 0.0949. The maximum Gasteiger partial charge on any atom is 0.267 e. The molecule has 8 heteroatoms. The summed E-state index contributed by atoms with van der Waals surface area (Å²) in [4.78, 5) is 21.4. The van der Waals surface area contributed by atoms with E-state index in [0.29, 0.717) is 18.2 Å². The monoisotopic (exact) mass is 347 g/mol. The standard InChI is InChI=1S/C11H14BrN5O.ClH/c12-7-4-9(15-5-7)10(18)14-3-1-2-8-6-16-11(13)17-8;/h4-6,15H,1-3H2,(H,14,18)(H3,13,16,17);1H. The van der Waals surface area contributed by atoms with Crippen LogP contribution in [0, 0.1) is 0 Å². The van der Waals surface area contributed by atoms with E-state index >= 15 is 0 Å². The van der Waals surface area contributed by atoms with Gasteiger partial charge in [0.05, 0.1) is 5.69 Å². The number of aryl methyl sites for hydroxylation is 1. The molecule has 0 radical (unpaired) electrons. The Hall–Kier alpha value is -1.47. The lowest BCUT2D eigenvalue weighted by atomic mass is 10.2. The molecule has 1 amide bonds. The van der Waals surface area contributed by atoms with Crippen molar-refractivity contribution < 1.29 is 4.79 Å². The van der Waals surface area contributed by atoms with E-state index in [1.807, 2.05) is 0 Å². The van der Waals surface area contributed by atoms with Crippen molar-refractivity contribution in [3.05, 3.63) is 34.3 Å². The molecular weight excluding hydrogens is 334 g/mol. The van der Waals surface area contributed by atoms with E-state index in [2.05, 4.69) is 36.2 Å². The largest absolute Gasteiger partial charge is 0.369 e. The second-order valence-corrected chi connectivity index (χ2v) is 4.78. The summed E-state index contributed by atoms with van der Waals surface area (Å²) in [5, 5.41) is 2.83. The van der Waals surface area contributed by atoms with Gasteiger partial charge in [0.25, 0.3) is 5.91 Å². The molecule has 2 rings (SSSR count). The predicted octanol–water partition coefficient (Wildman–Crippen LogP) is 1.87. The van der Waals surface area contributed by atoms with Gasteiger partial charge in [-0.1, -0.05) is 0 Å². The molecule has 0 saturated heterocycles. The summed E-state index contributed by atoms with van der Waals surface area (Å²) in [5.74, 6) is 0.313. The SMILES string of the molecule is Cl.Nc1nc(CCCNC(=O)c2cc(Br)c[nH]2)c[nH]1. The fraction of sp³-hybridized carbons (Fsp3) is 0.273. The van der Waals surface area contributed by atoms with Crippen molar-refractivity contribution in [2.24, 2.45) is 0 Å². The van der Waals surface area contributed by atoms with E-state index in [-0.39, 0.29) is 18.3 Å². The van der Waals surface area contributed by atoms with Crippen molar-refractivity contribution in [3.63, 3.8) is 0 Å². The molecule has 5 N–H and O–H groups in total. The van der Waals surface area contributed by atoms with Gasteiger partial charge in [0.2, 0.25) is 0 Å². The number of aromatic amines is 2. The third kappa shape index (κ3) is 4.60. The molecule has 19 heavy (non-hydrogen) atoms. The number of aromatic nitrogens is 3. The molecule has 0 bridgehead atoms. The van der Waals surface area contributed by atoms with Gasteiger partial charge in [-0.3, -0.25) is 4.79 Å². The summed E-state index contributed by atoms with van der Waals surface area (Å²) in [5.41, 5.74) is 6.92. The van der Waals surface area contributed by atoms with E-state index in [0.717, 1.165) is 23.0 Å². The maximum absolute atomic E-state index is 11.7. The molecule has 0 fully saturated rings. The van der Waals surface area contributed by atoms with Crippen molar-refractivity contribution in [2.75, 3.05) is 12.3 Å². The molecule has 0 aliphatic heterocycles. The van der Waals surface area contributed by atoms with Crippen LogP contribution in [0.15, 0.2) is 22.9 Å². The predicted molar refractivity (Wildman–Crippen MR) is 79.4 cm³/mol. The summed E-state index contributed by atoms with van der Waals surface area (Å²) in [7, 11) is 0. The molecule has 2 heterocycles. The third-order valence-electron chi connectivity index (χ3n) is 2.44. The average molecular weight is 349 g/mol. The number of anilines is 1. The molecule has 104 valence electrons. The molecule has 6 nitrogen and oxygen atoms in total. The molecule has 2 aromatic heterocycles. The van der Waals surface area contributed by atoms with Gasteiger partial charge in [0.15, 0.2) is 5.95 Å². The highest BCUT2D eigenvalue weighted by Crippen LogP contribution is 2.10. The number of amides is 1. The maximum atomic E-state index is 11.7. The molecule has 0 aliphatic carbocycles. The number of carbonyl (C=O) groups is 1. The number of hydrogen-bond acceptors (Lipinski definition) is 3. The lowest BCUT2D eigenvalue weighted by Crippen LogP contribution is -2.25. The smallest absolute Gasteiger partial charge is 0.267 e. The van der Waals surface area contributed by atoms with Crippen molar-refractivity contribution in [1.82, 2.24) is 20.3 Å². The highest BCUT2D eigenvalue weighted by molar-refractivity contribution is 9.10. The van der Waals surface area contributed by atoms with E-state index in [1.54, 1.807) is 18.5 Å². The number of nitrogens with zero attached hydrogens (tertiary/aromatic N) is 1. The highest BCUT2D eigenvalue weighted by atomic mass is 79.9. The minimum Gasteiger partial charge on any atom is -0.369 e. The second kappa shape index (κ2) is 7.20. The zero-order valence-electron chi connectivity index (χ0n) is 10.1. The fourth-order valence-corrected chi connectivity index (χ4v) is 1.91. The Bertz CT molecular complexity index is 539. The molecule has 0 unspecified atom stereocenters. The summed E-state index contributed by atoms with van der Waals surface area (Å²) in [6.45, 7) is 0.599. The van der Waals surface area contributed by atoms with Gasteiger partial charge in [0, 0.05) is 23.4 Å². The molecule has 0 spiro atoms.